The summed E-state index contributed by atoms with van der Waals surface area (Å²) < 4.78 is 20.6. The second-order valence-corrected chi connectivity index (χ2v) is 6.93. The molecule has 23 heavy (non-hydrogen) atoms. The molecule has 1 aromatic carbocycles. The van der Waals surface area contributed by atoms with Gasteiger partial charge in [0.15, 0.2) is 4.80 Å². The molecule has 2 heterocycles. The number of nitrogens with zero attached hydrogens (tertiary/aromatic N) is 2. The predicted molar refractivity (Wildman–Crippen MR) is 93.8 cm³/mol. The Kier molecular flexibility index (Phi) is 5.05. The minimum Gasteiger partial charge on any atom is -0.383 e. The summed E-state index contributed by atoms with van der Waals surface area (Å²) in [4.78, 5) is 6.76. The third kappa shape index (κ3) is 3.60. The summed E-state index contributed by atoms with van der Waals surface area (Å²) in [7, 11) is 1.70. The molecule has 6 heteroatoms. The molecule has 3 nitrogen and oxygen atoms in total. The summed E-state index contributed by atoms with van der Waals surface area (Å²) in [5, 5.41) is 4.18. The molecule has 0 saturated carbocycles. The summed E-state index contributed by atoms with van der Waals surface area (Å²) in [6.07, 6.45) is 0. The molecule has 0 radical (unpaired) electrons. The van der Waals surface area contributed by atoms with Crippen LogP contribution in [0.25, 0.3) is 10.6 Å². The second kappa shape index (κ2) is 7.21. The maximum atomic E-state index is 13.1. The normalized spacial score (nSPS) is 13.4. The fourth-order valence-electron chi connectivity index (χ4n) is 2.37. The van der Waals surface area contributed by atoms with E-state index in [9.17, 15) is 4.39 Å². The zero-order chi connectivity index (χ0) is 16.2. The first kappa shape index (κ1) is 16.1. The summed E-state index contributed by atoms with van der Waals surface area (Å²) in [6.45, 7) is 2.71. The monoisotopic (exact) mass is 348 g/mol. The van der Waals surface area contributed by atoms with Crippen LogP contribution >= 0.6 is 22.7 Å². The van der Waals surface area contributed by atoms with E-state index in [2.05, 4.69) is 33.3 Å². The molecule has 0 bridgehead atoms. The molecule has 1 unspecified atom stereocenters. The minimum atomic E-state index is -0.255. The van der Waals surface area contributed by atoms with Gasteiger partial charge in [0.1, 0.15) is 5.82 Å². The average Bonchev–Trinajstić information content (AvgIpc) is 3.19. The highest BCUT2D eigenvalue weighted by Gasteiger charge is 2.14. The number of thiazole rings is 1. The summed E-state index contributed by atoms with van der Waals surface area (Å²) >= 11 is 3.28. The van der Waals surface area contributed by atoms with Crippen LogP contribution in [0.4, 0.5) is 10.1 Å². The van der Waals surface area contributed by atoms with Crippen molar-refractivity contribution >= 4 is 28.4 Å². The maximum Gasteiger partial charge on any atom is 0.190 e. The molecule has 3 rings (SSSR count). The van der Waals surface area contributed by atoms with Gasteiger partial charge in [-0.05, 0) is 42.6 Å². The third-order valence-corrected chi connectivity index (χ3v) is 5.15. The fraction of sp³-hybridized carbons (Fsp3) is 0.235. The highest BCUT2D eigenvalue weighted by atomic mass is 32.1. The Morgan fingerprint density at radius 1 is 1.22 bits per heavy atom. The average molecular weight is 348 g/mol. The van der Waals surface area contributed by atoms with Crippen molar-refractivity contribution in [3.05, 3.63) is 57.8 Å². The molecule has 0 aliphatic carbocycles. The number of hydrogen-bond acceptors (Lipinski definition) is 4. The number of hydrogen-bond donors (Lipinski definition) is 0. The van der Waals surface area contributed by atoms with Gasteiger partial charge in [0, 0.05) is 12.5 Å². The van der Waals surface area contributed by atoms with Gasteiger partial charge >= 0.3 is 0 Å². The van der Waals surface area contributed by atoms with Crippen LogP contribution in [0.3, 0.4) is 0 Å². The smallest absolute Gasteiger partial charge is 0.190 e. The number of thiophene rings is 1. The topological polar surface area (TPSA) is 26.5 Å². The van der Waals surface area contributed by atoms with E-state index >= 15 is 0 Å². The lowest BCUT2D eigenvalue weighted by molar-refractivity contribution is 0.162. The second-order valence-electron chi connectivity index (χ2n) is 5.14. The van der Waals surface area contributed by atoms with Gasteiger partial charge in [-0.15, -0.1) is 22.7 Å². The van der Waals surface area contributed by atoms with Gasteiger partial charge in [0.2, 0.25) is 0 Å². The van der Waals surface area contributed by atoms with E-state index in [1.165, 1.54) is 17.0 Å². The van der Waals surface area contributed by atoms with Crippen LogP contribution in [0.15, 0.2) is 52.2 Å². The first-order valence-corrected chi connectivity index (χ1v) is 8.98. The standard InChI is InChI=1S/C17H17FN2OS2/c1-12(10-21-2)20-15(16-4-3-9-22-16)11-23-17(20)19-14-7-5-13(18)6-8-14/h3-9,11-12H,10H2,1-2H3. The Balaban J connectivity index is 2.11. The quantitative estimate of drug-likeness (QED) is 0.647. The Hall–Kier alpha value is -1.76. The number of rotatable bonds is 5. The number of benzene rings is 1. The molecule has 0 N–H and O–H groups in total. The zero-order valence-electron chi connectivity index (χ0n) is 12.9. The van der Waals surface area contributed by atoms with Crippen molar-refractivity contribution in [1.29, 1.82) is 0 Å². The van der Waals surface area contributed by atoms with Crippen molar-refractivity contribution in [3.8, 4) is 10.6 Å². The number of halogens is 1. The van der Waals surface area contributed by atoms with E-state index in [-0.39, 0.29) is 11.9 Å². The lowest BCUT2D eigenvalue weighted by Crippen LogP contribution is -2.22. The van der Waals surface area contributed by atoms with Crippen molar-refractivity contribution in [2.24, 2.45) is 4.99 Å². The molecule has 2 aromatic heterocycles. The van der Waals surface area contributed by atoms with Gasteiger partial charge in [-0.3, -0.25) is 0 Å². The largest absolute Gasteiger partial charge is 0.383 e. The molecule has 0 amide bonds. The van der Waals surface area contributed by atoms with Crippen molar-refractivity contribution < 1.29 is 9.13 Å². The van der Waals surface area contributed by atoms with Gasteiger partial charge < -0.3 is 9.30 Å². The summed E-state index contributed by atoms with van der Waals surface area (Å²) in [5.41, 5.74) is 1.87. The van der Waals surface area contributed by atoms with Crippen molar-refractivity contribution in [3.63, 3.8) is 0 Å². The zero-order valence-corrected chi connectivity index (χ0v) is 14.5. The van der Waals surface area contributed by atoms with Crippen LogP contribution in [-0.2, 0) is 4.74 Å². The highest BCUT2D eigenvalue weighted by molar-refractivity contribution is 7.14. The lowest BCUT2D eigenvalue weighted by atomic mass is 10.3. The van der Waals surface area contributed by atoms with Crippen molar-refractivity contribution in [2.75, 3.05) is 13.7 Å². The molecule has 1 atom stereocenters. The molecule has 0 aliphatic heterocycles. The first-order chi connectivity index (χ1) is 11.2. The van der Waals surface area contributed by atoms with E-state index in [0.29, 0.717) is 6.61 Å². The van der Waals surface area contributed by atoms with Crippen LogP contribution in [-0.4, -0.2) is 18.3 Å². The SMILES string of the molecule is COCC(C)n1c(-c2cccs2)csc1=Nc1ccc(F)cc1. The van der Waals surface area contributed by atoms with Gasteiger partial charge in [-0.1, -0.05) is 6.07 Å². The van der Waals surface area contributed by atoms with Gasteiger partial charge in [0.25, 0.3) is 0 Å². The first-order valence-electron chi connectivity index (χ1n) is 7.22. The molecule has 0 saturated heterocycles. The van der Waals surface area contributed by atoms with Gasteiger partial charge in [-0.25, -0.2) is 9.38 Å². The third-order valence-electron chi connectivity index (χ3n) is 3.42. The van der Waals surface area contributed by atoms with E-state index in [4.69, 9.17) is 4.74 Å². The molecule has 0 fully saturated rings. The summed E-state index contributed by atoms with van der Waals surface area (Å²) in [5.74, 6) is -0.255. The number of ether oxygens (including phenoxy) is 1. The van der Waals surface area contributed by atoms with Crippen molar-refractivity contribution in [1.82, 2.24) is 4.57 Å². The maximum absolute atomic E-state index is 13.1. The van der Waals surface area contributed by atoms with E-state index < -0.39 is 0 Å². The van der Waals surface area contributed by atoms with Gasteiger partial charge in [0.05, 0.1) is 28.9 Å². The molecule has 120 valence electrons. The Bertz CT molecular complexity index is 819. The van der Waals surface area contributed by atoms with E-state index in [0.717, 1.165) is 16.2 Å². The Morgan fingerprint density at radius 3 is 2.65 bits per heavy atom. The molecule has 3 aromatic rings. The van der Waals surface area contributed by atoms with E-state index in [1.807, 2.05) is 6.07 Å². The molecular weight excluding hydrogens is 331 g/mol. The van der Waals surface area contributed by atoms with Crippen LogP contribution in [0.1, 0.15) is 13.0 Å². The highest BCUT2D eigenvalue weighted by Crippen LogP contribution is 2.28. The number of methoxy groups -OCH3 is 1. The predicted octanol–water partition coefficient (Wildman–Crippen LogP) is 4.86. The molecule has 0 aliphatic rings. The molecule has 0 spiro atoms. The van der Waals surface area contributed by atoms with Crippen molar-refractivity contribution in [2.45, 2.75) is 13.0 Å². The van der Waals surface area contributed by atoms with Gasteiger partial charge in [-0.2, -0.15) is 0 Å². The fourth-order valence-corrected chi connectivity index (χ4v) is 4.20. The molecular formula is C17H17FN2OS2. The van der Waals surface area contributed by atoms with Crippen LogP contribution in [0.5, 0.6) is 0 Å². The van der Waals surface area contributed by atoms with Crippen LogP contribution in [0, 0.1) is 5.82 Å². The Labute approximate surface area is 142 Å². The number of aromatic nitrogens is 1. The minimum absolute atomic E-state index is 0.155. The van der Waals surface area contributed by atoms with Crippen LogP contribution < -0.4 is 4.80 Å². The van der Waals surface area contributed by atoms with Crippen LogP contribution in [0.2, 0.25) is 0 Å². The Morgan fingerprint density at radius 2 is 2.00 bits per heavy atom. The summed E-state index contributed by atoms with van der Waals surface area (Å²) in [6, 6.07) is 10.5. The van der Waals surface area contributed by atoms with E-state index in [1.54, 1.807) is 41.9 Å². The lowest BCUT2D eigenvalue weighted by Gasteiger charge is -2.15.